The van der Waals surface area contributed by atoms with Gasteiger partial charge in [0.25, 0.3) is 0 Å². The SMILES string of the molecule is CCNCC(C)S(=O)(=O)N(CC)CC. The Morgan fingerprint density at radius 3 is 2.07 bits per heavy atom. The van der Waals surface area contributed by atoms with Crippen LogP contribution in [0.25, 0.3) is 0 Å². The van der Waals surface area contributed by atoms with Crippen molar-refractivity contribution in [3.63, 3.8) is 0 Å². The number of nitrogens with zero attached hydrogens (tertiary/aromatic N) is 1. The topological polar surface area (TPSA) is 49.4 Å². The largest absolute Gasteiger partial charge is 0.316 e. The number of rotatable bonds is 7. The summed E-state index contributed by atoms with van der Waals surface area (Å²) in [5.41, 5.74) is 0. The molecule has 0 aromatic carbocycles. The second kappa shape index (κ2) is 6.37. The van der Waals surface area contributed by atoms with E-state index in [0.29, 0.717) is 19.6 Å². The molecule has 0 saturated heterocycles. The summed E-state index contributed by atoms with van der Waals surface area (Å²) in [5.74, 6) is 0. The minimum Gasteiger partial charge on any atom is -0.316 e. The quantitative estimate of drug-likeness (QED) is 0.688. The van der Waals surface area contributed by atoms with E-state index < -0.39 is 10.0 Å². The van der Waals surface area contributed by atoms with Crippen molar-refractivity contribution in [2.75, 3.05) is 26.2 Å². The second-order valence-electron chi connectivity index (χ2n) is 3.25. The lowest BCUT2D eigenvalue weighted by molar-refractivity contribution is 0.434. The average Bonchev–Trinajstić information content (AvgIpc) is 2.15. The van der Waals surface area contributed by atoms with E-state index >= 15 is 0 Å². The van der Waals surface area contributed by atoms with Gasteiger partial charge in [0.15, 0.2) is 0 Å². The van der Waals surface area contributed by atoms with Gasteiger partial charge >= 0.3 is 0 Å². The van der Waals surface area contributed by atoms with E-state index in [2.05, 4.69) is 5.32 Å². The van der Waals surface area contributed by atoms with E-state index in [1.807, 2.05) is 20.8 Å². The predicted molar refractivity (Wildman–Crippen MR) is 59.8 cm³/mol. The number of hydrogen-bond acceptors (Lipinski definition) is 3. The monoisotopic (exact) mass is 222 g/mol. The van der Waals surface area contributed by atoms with Gasteiger partial charge in [-0.3, -0.25) is 0 Å². The Balaban J connectivity index is 4.43. The predicted octanol–water partition coefficient (Wildman–Crippen LogP) is 0.656. The van der Waals surface area contributed by atoms with Crippen LogP contribution in [-0.4, -0.2) is 44.2 Å². The first-order valence-corrected chi connectivity index (χ1v) is 6.70. The van der Waals surface area contributed by atoms with Crippen LogP contribution in [0.4, 0.5) is 0 Å². The third kappa shape index (κ3) is 3.55. The Morgan fingerprint density at radius 2 is 1.71 bits per heavy atom. The summed E-state index contributed by atoms with van der Waals surface area (Å²) in [6.07, 6.45) is 0. The standard InChI is InChI=1S/C9H22N2O2S/c1-5-10-8-9(4)14(12,13)11(6-2)7-3/h9-10H,5-8H2,1-4H3. The Morgan fingerprint density at radius 1 is 1.21 bits per heavy atom. The second-order valence-corrected chi connectivity index (χ2v) is 5.60. The van der Waals surface area contributed by atoms with Crippen LogP contribution < -0.4 is 5.32 Å². The highest BCUT2D eigenvalue weighted by atomic mass is 32.2. The van der Waals surface area contributed by atoms with Crippen LogP contribution in [0.2, 0.25) is 0 Å². The lowest BCUT2D eigenvalue weighted by atomic mass is 10.5. The molecule has 14 heavy (non-hydrogen) atoms. The van der Waals surface area contributed by atoms with Crippen molar-refractivity contribution in [1.29, 1.82) is 0 Å². The molecule has 0 heterocycles. The van der Waals surface area contributed by atoms with Crippen molar-refractivity contribution in [1.82, 2.24) is 9.62 Å². The number of hydrogen-bond donors (Lipinski definition) is 1. The Kier molecular flexibility index (Phi) is 6.31. The number of sulfonamides is 1. The van der Waals surface area contributed by atoms with E-state index in [9.17, 15) is 8.42 Å². The Bertz CT molecular complexity index is 235. The molecule has 0 bridgehead atoms. The van der Waals surface area contributed by atoms with Crippen LogP contribution in [-0.2, 0) is 10.0 Å². The number of nitrogens with one attached hydrogen (secondary N) is 1. The van der Waals surface area contributed by atoms with Gasteiger partial charge in [-0.1, -0.05) is 20.8 Å². The highest BCUT2D eigenvalue weighted by Gasteiger charge is 2.25. The lowest BCUT2D eigenvalue weighted by Crippen LogP contribution is -2.41. The summed E-state index contributed by atoms with van der Waals surface area (Å²) in [4.78, 5) is 0. The maximum absolute atomic E-state index is 11.9. The van der Waals surface area contributed by atoms with Gasteiger partial charge in [0, 0.05) is 19.6 Å². The van der Waals surface area contributed by atoms with Crippen molar-refractivity contribution in [3.05, 3.63) is 0 Å². The zero-order valence-electron chi connectivity index (χ0n) is 9.58. The van der Waals surface area contributed by atoms with Crippen LogP contribution >= 0.6 is 0 Å². The van der Waals surface area contributed by atoms with Gasteiger partial charge in [-0.2, -0.15) is 0 Å². The first-order chi connectivity index (χ1) is 6.50. The molecule has 4 nitrogen and oxygen atoms in total. The van der Waals surface area contributed by atoms with Gasteiger partial charge in [0.2, 0.25) is 10.0 Å². The molecular formula is C9H22N2O2S. The fourth-order valence-corrected chi connectivity index (χ4v) is 2.85. The fourth-order valence-electron chi connectivity index (χ4n) is 1.29. The van der Waals surface area contributed by atoms with E-state index in [-0.39, 0.29) is 5.25 Å². The average molecular weight is 222 g/mol. The van der Waals surface area contributed by atoms with Gasteiger partial charge in [-0.15, -0.1) is 0 Å². The van der Waals surface area contributed by atoms with Gasteiger partial charge in [0.05, 0.1) is 5.25 Å². The summed E-state index contributed by atoms with van der Waals surface area (Å²) < 4.78 is 25.3. The normalized spacial score (nSPS) is 14.6. The molecule has 0 saturated carbocycles. The molecule has 0 fully saturated rings. The molecule has 1 N–H and O–H groups in total. The highest BCUT2D eigenvalue weighted by Crippen LogP contribution is 2.07. The highest BCUT2D eigenvalue weighted by molar-refractivity contribution is 7.89. The molecule has 0 amide bonds. The van der Waals surface area contributed by atoms with E-state index in [1.165, 1.54) is 4.31 Å². The van der Waals surface area contributed by atoms with Crippen molar-refractivity contribution >= 4 is 10.0 Å². The lowest BCUT2D eigenvalue weighted by Gasteiger charge is -2.23. The van der Waals surface area contributed by atoms with Gasteiger partial charge in [0.1, 0.15) is 0 Å². The van der Waals surface area contributed by atoms with E-state index in [0.717, 1.165) is 6.54 Å². The molecule has 0 rings (SSSR count). The molecule has 5 heteroatoms. The van der Waals surface area contributed by atoms with E-state index in [1.54, 1.807) is 6.92 Å². The Labute approximate surface area is 87.7 Å². The summed E-state index contributed by atoms with van der Waals surface area (Å²) in [6.45, 7) is 9.87. The molecule has 1 unspecified atom stereocenters. The van der Waals surface area contributed by atoms with Gasteiger partial charge in [-0.05, 0) is 13.5 Å². The fraction of sp³-hybridized carbons (Fsp3) is 1.00. The summed E-state index contributed by atoms with van der Waals surface area (Å²) in [7, 11) is -3.10. The van der Waals surface area contributed by atoms with Gasteiger partial charge in [-0.25, -0.2) is 12.7 Å². The zero-order valence-corrected chi connectivity index (χ0v) is 10.4. The first kappa shape index (κ1) is 13.9. The van der Waals surface area contributed by atoms with Crippen molar-refractivity contribution < 1.29 is 8.42 Å². The molecule has 1 atom stereocenters. The first-order valence-electron chi connectivity index (χ1n) is 5.20. The van der Waals surface area contributed by atoms with Crippen LogP contribution in [0.15, 0.2) is 0 Å². The van der Waals surface area contributed by atoms with Crippen molar-refractivity contribution in [2.45, 2.75) is 32.9 Å². The van der Waals surface area contributed by atoms with Gasteiger partial charge < -0.3 is 5.32 Å². The molecule has 0 aliphatic carbocycles. The van der Waals surface area contributed by atoms with E-state index in [4.69, 9.17) is 0 Å². The molecular weight excluding hydrogens is 200 g/mol. The van der Waals surface area contributed by atoms with Crippen molar-refractivity contribution in [3.8, 4) is 0 Å². The Hall–Kier alpha value is -0.130. The molecule has 0 aromatic rings. The molecule has 86 valence electrons. The molecule has 0 aliphatic rings. The van der Waals surface area contributed by atoms with Crippen LogP contribution in [0.5, 0.6) is 0 Å². The maximum atomic E-state index is 11.9. The minimum absolute atomic E-state index is 0.345. The zero-order chi connectivity index (χ0) is 11.2. The third-order valence-corrected chi connectivity index (χ3v) is 4.68. The minimum atomic E-state index is -3.10. The van der Waals surface area contributed by atoms with Crippen LogP contribution in [0, 0.1) is 0 Å². The molecule has 0 radical (unpaired) electrons. The van der Waals surface area contributed by atoms with Crippen LogP contribution in [0.1, 0.15) is 27.7 Å². The summed E-state index contributed by atoms with van der Waals surface area (Å²) in [5, 5.41) is 2.71. The van der Waals surface area contributed by atoms with Crippen LogP contribution in [0.3, 0.4) is 0 Å². The smallest absolute Gasteiger partial charge is 0.217 e. The molecule has 0 spiro atoms. The summed E-state index contributed by atoms with van der Waals surface area (Å²) >= 11 is 0. The maximum Gasteiger partial charge on any atom is 0.217 e. The molecule has 0 aliphatic heterocycles. The summed E-state index contributed by atoms with van der Waals surface area (Å²) in [6, 6.07) is 0. The third-order valence-electron chi connectivity index (χ3n) is 2.26. The molecule has 0 aromatic heterocycles. The van der Waals surface area contributed by atoms with Crippen molar-refractivity contribution in [2.24, 2.45) is 0 Å².